The summed E-state index contributed by atoms with van der Waals surface area (Å²) in [6, 6.07) is 0.135. The molecule has 3 atom stereocenters. The SMILES string of the molecule is CC(C)C[C@H](C(=O)N1NCCC[C@H]1C)[C@@H](C)C(=O)NO. The van der Waals surface area contributed by atoms with Gasteiger partial charge >= 0.3 is 0 Å². The van der Waals surface area contributed by atoms with Crippen molar-refractivity contribution in [2.75, 3.05) is 6.54 Å². The van der Waals surface area contributed by atoms with E-state index in [0.717, 1.165) is 19.4 Å². The summed E-state index contributed by atoms with van der Waals surface area (Å²) >= 11 is 0. The van der Waals surface area contributed by atoms with Crippen molar-refractivity contribution in [3.05, 3.63) is 0 Å². The molecule has 0 spiro atoms. The van der Waals surface area contributed by atoms with Gasteiger partial charge in [0.05, 0.1) is 5.92 Å². The van der Waals surface area contributed by atoms with Gasteiger partial charge in [-0.25, -0.2) is 10.9 Å². The zero-order valence-electron chi connectivity index (χ0n) is 12.8. The van der Waals surface area contributed by atoms with E-state index in [2.05, 4.69) is 5.43 Å². The van der Waals surface area contributed by atoms with Crippen LogP contribution in [0, 0.1) is 17.8 Å². The van der Waals surface area contributed by atoms with Gasteiger partial charge in [-0.05, 0) is 32.1 Å². The van der Waals surface area contributed by atoms with Crippen molar-refractivity contribution in [3.63, 3.8) is 0 Å². The molecule has 3 N–H and O–H groups in total. The highest BCUT2D eigenvalue weighted by atomic mass is 16.5. The first-order chi connectivity index (χ1) is 9.38. The van der Waals surface area contributed by atoms with Crippen LogP contribution in [0.15, 0.2) is 0 Å². The van der Waals surface area contributed by atoms with Gasteiger partial charge in [0.25, 0.3) is 0 Å². The van der Waals surface area contributed by atoms with Gasteiger partial charge in [-0.1, -0.05) is 20.8 Å². The zero-order chi connectivity index (χ0) is 15.3. The van der Waals surface area contributed by atoms with Gasteiger partial charge in [0.15, 0.2) is 0 Å². The molecule has 0 saturated carbocycles. The van der Waals surface area contributed by atoms with Crippen molar-refractivity contribution >= 4 is 11.8 Å². The third kappa shape index (κ3) is 4.18. The Hall–Kier alpha value is -1.14. The third-order valence-electron chi connectivity index (χ3n) is 3.93. The quantitative estimate of drug-likeness (QED) is 0.525. The summed E-state index contributed by atoms with van der Waals surface area (Å²) in [7, 11) is 0. The van der Waals surface area contributed by atoms with Crippen LogP contribution in [0.3, 0.4) is 0 Å². The van der Waals surface area contributed by atoms with Gasteiger partial charge in [-0.15, -0.1) is 0 Å². The van der Waals surface area contributed by atoms with E-state index >= 15 is 0 Å². The summed E-state index contributed by atoms with van der Waals surface area (Å²) in [5.74, 6) is -1.23. The number of amides is 2. The zero-order valence-corrected chi connectivity index (χ0v) is 12.8. The topological polar surface area (TPSA) is 81.7 Å². The molecule has 0 aromatic carbocycles. The lowest BCUT2D eigenvalue weighted by Gasteiger charge is -2.37. The van der Waals surface area contributed by atoms with Crippen molar-refractivity contribution in [2.24, 2.45) is 17.8 Å². The Balaban J connectivity index is 2.85. The summed E-state index contributed by atoms with van der Waals surface area (Å²) in [4.78, 5) is 24.4. The Morgan fingerprint density at radius 1 is 1.40 bits per heavy atom. The Kier molecular flexibility index (Phi) is 6.42. The van der Waals surface area contributed by atoms with E-state index in [-0.39, 0.29) is 11.9 Å². The molecule has 1 saturated heterocycles. The lowest BCUT2D eigenvalue weighted by Crippen LogP contribution is -2.55. The Bertz CT molecular complexity index is 347. The van der Waals surface area contributed by atoms with Gasteiger partial charge in [0.1, 0.15) is 0 Å². The highest BCUT2D eigenvalue weighted by Crippen LogP contribution is 2.25. The van der Waals surface area contributed by atoms with Gasteiger partial charge in [-0.3, -0.25) is 19.8 Å². The Morgan fingerprint density at radius 2 is 2.05 bits per heavy atom. The molecular formula is C14H27N3O3. The van der Waals surface area contributed by atoms with Crippen molar-refractivity contribution in [1.82, 2.24) is 15.9 Å². The first-order valence-electron chi connectivity index (χ1n) is 7.39. The monoisotopic (exact) mass is 285 g/mol. The molecular weight excluding hydrogens is 258 g/mol. The summed E-state index contributed by atoms with van der Waals surface area (Å²) < 4.78 is 0. The number of carbonyl (C=O) groups excluding carboxylic acids is 2. The van der Waals surface area contributed by atoms with E-state index in [0.29, 0.717) is 12.3 Å². The van der Waals surface area contributed by atoms with Crippen LogP contribution < -0.4 is 10.9 Å². The molecule has 0 aliphatic carbocycles. The van der Waals surface area contributed by atoms with Gasteiger partial charge in [0, 0.05) is 18.5 Å². The van der Waals surface area contributed by atoms with Crippen LogP contribution in [0.2, 0.25) is 0 Å². The highest BCUT2D eigenvalue weighted by Gasteiger charge is 2.36. The number of nitrogens with one attached hydrogen (secondary N) is 2. The molecule has 0 aromatic rings. The van der Waals surface area contributed by atoms with E-state index < -0.39 is 17.7 Å². The van der Waals surface area contributed by atoms with Gasteiger partial charge < -0.3 is 0 Å². The number of hydrogen-bond acceptors (Lipinski definition) is 4. The first kappa shape index (κ1) is 16.9. The predicted octanol–water partition coefficient (Wildman–Crippen LogP) is 1.31. The molecule has 116 valence electrons. The predicted molar refractivity (Wildman–Crippen MR) is 75.6 cm³/mol. The number of hydroxylamine groups is 1. The van der Waals surface area contributed by atoms with Crippen LogP contribution in [-0.4, -0.2) is 34.6 Å². The summed E-state index contributed by atoms with van der Waals surface area (Å²) in [5.41, 5.74) is 4.78. The summed E-state index contributed by atoms with van der Waals surface area (Å²) in [6.07, 6.45) is 2.64. The summed E-state index contributed by atoms with van der Waals surface area (Å²) in [5, 5.41) is 10.5. The largest absolute Gasteiger partial charge is 0.289 e. The lowest BCUT2D eigenvalue weighted by atomic mass is 9.84. The number of hydrogen-bond donors (Lipinski definition) is 3. The molecule has 20 heavy (non-hydrogen) atoms. The average molecular weight is 285 g/mol. The van der Waals surface area contributed by atoms with E-state index in [1.165, 1.54) is 0 Å². The minimum atomic E-state index is -0.550. The van der Waals surface area contributed by atoms with Crippen molar-refractivity contribution in [1.29, 1.82) is 0 Å². The Morgan fingerprint density at radius 3 is 2.55 bits per heavy atom. The number of carbonyl (C=O) groups is 2. The van der Waals surface area contributed by atoms with Crippen molar-refractivity contribution < 1.29 is 14.8 Å². The molecule has 0 bridgehead atoms. The fourth-order valence-electron chi connectivity index (χ4n) is 2.67. The second-order valence-electron chi connectivity index (χ2n) is 6.11. The second-order valence-corrected chi connectivity index (χ2v) is 6.11. The van der Waals surface area contributed by atoms with Crippen molar-refractivity contribution in [2.45, 2.75) is 53.0 Å². The van der Waals surface area contributed by atoms with Gasteiger partial charge in [0.2, 0.25) is 11.8 Å². The van der Waals surface area contributed by atoms with Crippen molar-refractivity contribution in [3.8, 4) is 0 Å². The first-order valence-corrected chi connectivity index (χ1v) is 7.39. The molecule has 6 nitrogen and oxygen atoms in total. The van der Waals surface area contributed by atoms with E-state index in [1.807, 2.05) is 20.8 Å². The summed E-state index contributed by atoms with van der Waals surface area (Å²) in [6.45, 7) is 8.53. The number of nitrogens with zero attached hydrogens (tertiary/aromatic N) is 1. The normalized spacial score (nSPS) is 22.5. The average Bonchev–Trinajstić information content (AvgIpc) is 2.42. The van der Waals surface area contributed by atoms with Crippen LogP contribution in [0.5, 0.6) is 0 Å². The molecule has 1 heterocycles. The maximum absolute atomic E-state index is 12.7. The maximum atomic E-state index is 12.7. The molecule has 0 radical (unpaired) electrons. The maximum Gasteiger partial charge on any atom is 0.246 e. The molecule has 1 rings (SSSR count). The molecule has 1 aliphatic rings. The molecule has 2 amide bonds. The molecule has 0 aromatic heterocycles. The Labute approximate surface area is 120 Å². The number of hydrazine groups is 1. The minimum Gasteiger partial charge on any atom is -0.289 e. The second kappa shape index (κ2) is 7.59. The van der Waals surface area contributed by atoms with E-state index in [1.54, 1.807) is 17.4 Å². The van der Waals surface area contributed by atoms with E-state index in [4.69, 9.17) is 5.21 Å². The highest BCUT2D eigenvalue weighted by molar-refractivity contribution is 5.87. The van der Waals surface area contributed by atoms with Crippen LogP contribution in [0.1, 0.15) is 47.0 Å². The van der Waals surface area contributed by atoms with E-state index in [9.17, 15) is 9.59 Å². The lowest BCUT2D eigenvalue weighted by molar-refractivity contribution is -0.150. The molecule has 0 unspecified atom stereocenters. The van der Waals surface area contributed by atoms with Gasteiger partial charge in [-0.2, -0.15) is 0 Å². The molecule has 6 heteroatoms. The fraction of sp³-hybridized carbons (Fsp3) is 0.857. The molecule has 1 aliphatic heterocycles. The third-order valence-corrected chi connectivity index (χ3v) is 3.93. The molecule has 1 fully saturated rings. The van der Waals surface area contributed by atoms with Crippen LogP contribution in [0.25, 0.3) is 0 Å². The fourth-order valence-corrected chi connectivity index (χ4v) is 2.67. The van der Waals surface area contributed by atoms with Crippen LogP contribution in [0.4, 0.5) is 0 Å². The minimum absolute atomic E-state index is 0.0537. The number of rotatable bonds is 5. The standard InChI is InChI=1S/C14H27N3O3/c1-9(2)8-12(11(4)13(18)16-20)14(19)17-10(3)6-5-7-15-17/h9-12,15,20H,5-8H2,1-4H3,(H,16,18)/t10-,11-,12+/m1/s1. The van der Waals surface area contributed by atoms with Crippen LogP contribution in [-0.2, 0) is 9.59 Å². The van der Waals surface area contributed by atoms with Crippen LogP contribution >= 0.6 is 0 Å². The smallest absolute Gasteiger partial charge is 0.246 e.